The van der Waals surface area contributed by atoms with Crippen molar-refractivity contribution in [2.24, 2.45) is 5.73 Å². The predicted octanol–water partition coefficient (Wildman–Crippen LogP) is 1.91. The average molecular weight is 313 g/mol. The highest BCUT2D eigenvalue weighted by molar-refractivity contribution is 5.98. The zero-order chi connectivity index (χ0) is 16.5. The zero-order valence-corrected chi connectivity index (χ0v) is 12.2. The largest absolute Gasteiger partial charge is 0.492 e. The second kappa shape index (κ2) is 5.88. The molecule has 0 unspecified atom stereocenters. The molecule has 6 nitrogen and oxygen atoms in total. The molecule has 0 radical (unpaired) electrons. The van der Waals surface area contributed by atoms with Crippen molar-refractivity contribution in [1.29, 1.82) is 0 Å². The Bertz CT molecular complexity index is 692. The fraction of sp³-hybridized carbons (Fsp3) is 0.429. The number of hydrogen-bond donors (Lipinski definition) is 2. The average Bonchev–Trinajstić information content (AvgIpc) is 2.76. The number of aromatic nitrogens is 2. The number of aliphatic hydroxyl groups is 1. The Balaban J connectivity index is 2.32. The van der Waals surface area contributed by atoms with Gasteiger partial charge in [0.05, 0.1) is 23.9 Å². The van der Waals surface area contributed by atoms with Gasteiger partial charge in [-0.3, -0.25) is 9.20 Å². The molecule has 0 aromatic carbocycles. The summed E-state index contributed by atoms with van der Waals surface area (Å²) in [5.74, 6) is -1.12. The SMILES string of the molecule is CC(C)(O)CCOc1ccc2c(C(N)=O)nc(C(F)F)n2c1. The molecule has 0 bridgehead atoms. The molecular weight excluding hydrogens is 296 g/mol. The lowest BCUT2D eigenvalue weighted by molar-refractivity contribution is 0.0552. The summed E-state index contributed by atoms with van der Waals surface area (Å²) in [6, 6.07) is 2.97. The zero-order valence-electron chi connectivity index (χ0n) is 12.2. The first kappa shape index (κ1) is 16.2. The maximum absolute atomic E-state index is 13.0. The Hall–Kier alpha value is -2.22. The molecule has 2 aromatic rings. The van der Waals surface area contributed by atoms with E-state index in [-0.39, 0.29) is 17.8 Å². The lowest BCUT2D eigenvalue weighted by Gasteiger charge is -2.17. The van der Waals surface area contributed by atoms with Crippen molar-refractivity contribution in [3.05, 3.63) is 29.8 Å². The molecule has 0 atom stereocenters. The third-order valence-electron chi connectivity index (χ3n) is 3.05. The summed E-state index contributed by atoms with van der Waals surface area (Å²) in [6.07, 6.45) is -1.16. The fourth-order valence-electron chi connectivity index (χ4n) is 1.93. The van der Waals surface area contributed by atoms with Crippen molar-refractivity contribution < 1.29 is 23.4 Å². The van der Waals surface area contributed by atoms with E-state index in [0.29, 0.717) is 12.2 Å². The molecule has 0 aliphatic heterocycles. The van der Waals surface area contributed by atoms with E-state index in [2.05, 4.69) is 4.98 Å². The van der Waals surface area contributed by atoms with Gasteiger partial charge in [-0.05, 0) is 26.0 Å². The summed E-state index contributed by atoms with van der Waals surface area (Å²) >= 11 is 0. The van der Waals surface area contributed by atoms with Crippen molar-refractivity contribution in [2.45, 2.75) is 32.3 Å². The predicted molar refractivity (Wildman–Crippen MR) is 75.1 cm³/mol. The monoisotopic (exact) mass is 313 g/mol. The molecule has 0 spiro atoms. The molecule has 0 aliphatic rings. The molecule has 3 N–H and O–H groups in total. The number of carbonyl (C=O) groups is 1. The molecule has 0 saturated heterocycles. The topological polar surface area (TPSA) is 89.9 Å². The van der Waals surface area contributed by atoms with Gasteiger partial charge in [-0.2, -0.15) is 0 Å². The van der Waals surface area contributed by atoms with Crippen LogP contribution in [0.5, 0.6) is 5.75 Å². The number of alkyl halides is 2. The van der Waals surface area contributed by atoms with E-state index in [0.717, 1.165) is 4.40 Å². The minimum atomic E-state index is -2.85. The van der Waals surface area contributed by atoms with E-state index in [9.17, 15) is 18.7 Å². The highest BCUT2D eigenvalue weighted by Crippen LogP contribution is 2.25. The second-order valence-corrected chi connectivity index (χ2v) is 5.51. The lowest BCUT2D eigenvalue weighted by atomic mass is 10.1. The van der Waals surface area contributed by atoms with Crippen LogP contribution in [0.1, 0.15) is 43.0 Å². The number of carbonyl (C=O) groups excluding carboxylic acids is 1. The normalized spacial score (nSPS) is 12.1. The molecule has 0 saturated carbocycles. The van der Waals surface area contributed by atoms with Crippen LogP contribution in [0.4, 0.5) is 8.78 Å². The van der Waals surface area contributed by atoms with E-state index in [1.807, 2.05) is 0 Å². The third-order valence-corrected chi connectivity index (χ3v) is 3.05. The van der Waals surface area contributed by atoms with Crippen molar-refractivity contribution in [2.75, 3.05) is 6.61 Å². The van der Waals surface area contributed by atoms with Crippen LogP contribution in [0.25, 0.3) is 5.52 Å². The molecule has 8 heteroatoms. The molecule has 2 rings (SSSR count). The van der Waals surface area contributed by atoms with Gasteiger partial charge in [0.2, 0.25) is 0 Å². The molecule has 2 heterocycles. The van der Waals surface area contributed by atoms with Crippen LogP contribution < -0.4 is 10.5 Å². The summed E-state index contributed by atoms with van der Waals surface area (Å²) in [7, 11) is 0. The molecule has 22 heavy (non-hydrogen) atoms. The molecule has 1 amide bonds. The number of pyridine rings is 1. The summed E-state index contributed by atoms with van der Waals surface area (Å²) in [5, 5.41) is 9.60. The first-order chi connectivity index (χ1) is 10.2. The van der Waals surface area contributed by atoms with Crippen LogP contribution in [-0.2, 0) is 0 Å². The van der Waals surface area contributed by atoms with E-state index in [1.54, 1.807) is 13.8 Å². The van der Waals surface area contributed by atoms with Gasteiger partial charge in [-0.1, -0.05) is 0 Å². The first-order valence-electron chi connectivity index (χ1n) is 6.64. The quantitative estimate of drug-likeness (QED) is 0.852. The highest BCUT2D eigenvalue weighted by Gasteiger charge is 2.21. The van der Waals surface area contributed by atoms with Crippen LogP contribution in [0.2, 0.25) is 0 Å². The summed E-state index contributed by atoms with van der Waals surface area (Å²) in [4.78, 5) is 14.9. The van der Waals surface area contributed by atoms with Gasteiger partial charge >= 0.3 is 0 Å². The molecule has 2 aromatic heterocycles. The number of amides is 1. The fourth-order valence-corrected chi connectivity index (χ4v) is 1.93. The molecular formula is C14H17F2N3O3. The first-order valence-corrected chi connectivity index (χ1v) is 6.64. The standard InChI is InChI=1S/C14H17F2N3O3/c1-14(2,21)5-6-22-8-3-4-9-10(12(17)20)18-13(11(15)16)19(9)7-8/h3-4,7,11,21H,5-6H2,1-2H3,(H2,17,20). The minimum absolute atomic E-state index is 0.192. The van der Waals surface area contributed by atoms with Gasteiger partial charge in [0.1, 0.15) is 5.75 Å². The molecule has 120 valence electrons. The summed E-state index contributed by atoms with van der Waals surface area (Å²) in [5.41, 5.74) is 4.24. The minimum Gasteiger partial charge on any atom is -0.492 e. The molecule has 0 fully saturated rings. The van der Waals surface area contributed by atoms with Crippen molar-refractivity contribution in [1.82, 2.24) is 9.38 Å². The van der Waals surface area contributed by atoms with Gasteiger partial charge in [-0.25, -0.2) is 13.8 Å². The second-order valence-electron chi connectivity index (χ2n) is 5.51. The Morgan fingerprint density at radius 3 is 2.73 bits per heavy atom. The van der Waals surface area contributed by atoms with Gasteiger partial charge in [0.25, 0.3) is 12.3 Å². The van der Waals surface area contributed by atoms with Crippen LogP contribution in [0, 0.1) is 0 Å². The highest BCUT2D eigenvalue weighted by atomic mass is 19.3. The Morgan fingerprint density at radius 1 is 1.50 bits per heavy atom. The number of imidazole rings is 1. The van der Waals surface area contributed by atoms with E-state index in [1.165, 1.54) is 18.3 Å². The van der Waals surface area contributed by atoms with Gasteiger partial charge in [-0.15, -0.1) is 0 Å². The van der Waals surface area contributed by atoms with Crippen molar-refractivity contribution in [3.63, 3.8) is 0 Å². The summed E-state index contributed by atoms with van der Waals surface area (Å²) < 4.78 is 32.5. The van der Waals surface area contributed by atoms with Crippen molar-refractivity contribution in [3.8, 4) is 5.75 Å². The summed E-state index contributed by atoms with van der Waals surface area (Å²) in [6.45, 7) is 3.50. The van der Waals surface area contributed by atoms with Crippen LogP contribution in [-0.4, -0.2) is 32.6 Å². The number of primary amides is 1. The number of rotatable bonds is 6. The lowest BCUT2D eigenvalue weighted by Crippen LogP contribution is -2.21. The third kappa shape index (κ3) is 3.51. The number of nitrogens with zero attached hydrogens (tertiary/aromatic N) is 2. The van der Waals surface area contributed by atoms with Gasteiger partial charge in [0, 0.05) is 6.42 Å². The smallest absolute Gasteiger partial charge is 0.295 e. The van der Waals surface area contributed by atoms with Crippen LogP contribution >= 0.6 is 0 Å². The van der Waals surface area contributed by atoms with Crippen LogP contribution in [0.15, 0.2) is 18.3 Å². The van der Waals surface area contributed by atoms with Gasteiger partial charge in [0.15, 0.2) is 11.5 Å². The molecule has 0 aliphatic carbocycles. The Morgan fingerprint density at radius 2 is 2.18 bits per heavy atom. The van der Waals surface area contributed by atoms with E-state index in [4.69, 9.17) is 10.5 Å². The number of hydrogen-bond acceptors (Lipinski definition) is 4. The Kier molecular flexibility index (Phi) is 4.32. The van der Waals surface area contributed by atoms with E-state index >= 15 is 0 Å². The van der Waals surface area contributed by atoms with E-state index < -0.39 is 23.8 Å². The maximum Gasteiger partial charge on any atom is 0.295 e. The maximum atomic E-state index is 13.0. The Labute approximate surface area is 125 Å². The van der Waals surface area contributed by atoms with Crippen LogP contribution in [0.3, 0.4) is 0 Å². The number of ether oxygens (including phenoxy) is 1. The van der Waals surface area contributed by atoms with Gasteiger partial charge < -0.3 is 15.6 Å². The number of fused-ring (bicyclic) bond motifs is 1. The number of nitrogens with two attached hydrogens (primary N) is 1. The van der Waals surface area contributed by atoms with Crippen molar-refractivity contribution >= 4 is 11.4 Å². The number of halogens is 2.